The summed E-state index contributed by atoms with van der Waals surface area (Å²) in [5.41, 5.74) is 0.198. The van der Waals surface area contributed by atoms with Gasteiger partial charge in [0.2, 0.25) is 5.79 Å². The van der Waals surface area contributed by atoms with E-state index in [0.29, 0.717) is 35.7 Å². The van der Waals surface area contributed by atoms with Gasteiger partial charge in [-0.3, -0.25) is 4.99 Å². The molecule has 192 valence electrons. The van der Waals surface area contributed by atoms with Crippen LogP contribution < -0.4 is 0 Å². The Labute approximate surface area is 206 Å². The van der Waals surface area contributed by atoms with Gasteiger partial charge in [-0.15, -0.1) is 0 Å². The highest BCUT2D eigenvalue weighted by molar-refractivity contribution is 5.99. The average molecular weight is 474 g/mol. The zero-order valence-electron chi connectivity index (χ0n) is 22.1. The number of ether oxygens (including phenoxy) is 2. The summed E-state index contributed by atoms with van der Waals surface area (Å²) >= 11 is 0. The first-order valence-electron chi connectivity index (χ1n) is 14.3. The molecule has 0 bridgehead atoms. The highest BCUT2D eigenvalue weighted by Crippen LogP contribution is 2.70. The molecule has 34 heavy (non-hydrogen) atoms. The van der Waals surface area contributed by atoms with Gasteiger partial charge in [0, 0.05) is 25.5 Å². The number of aliphatic hydroxyl groups is 2. The Morgan fingerprint density at radius 2 is 1.79 bits per heavy atom. The normalized spacial score (nSPS) is 58.6. The van der Waals surface area contributed by atoms with Crippen LogP contribution in [-0.4, -0.2) is 52.7 Å². The van der Waals surface area contributed by atoms with Crippen molar-refractivity contribution < 1.29 is 19.7 Å². The number of fused-ring (bicyclic) bond motifs is 8. The molecule has 4 aliphatic carbocycles. The second-order valence-electron chi connectivity index (χ2n) is 13.8. The molecule has 2 aliphatic heterocycles. The van der Waals surface area contributed by atoms with Crippen molar-refractivity contribution >= 4 is 5.71 Å². The Morgan fingerprint density at radius 1 is 1.03 bits per heavy atom. The predicted octanol–water partition coefficient (Wildman–Crippen LogP) is 4.98. The molecule has 2 heterocycles. The van der Waals surface area contributed by atoms with E-state index in [0.717, 1.165) is 50.3 Å². The third kappa shape index (κ3) is 3.08. The van der Waals surface area contributed by atoms with Gasteiger partial charge in [-0.05, 0) is 106 Å². The van der Waals surface area contributed by atoms with E-state index < -0.39 is 11.4 Å². The van der Waals surface area contributed by atoms with Crippen molar-refractivity contribution in [2.45, 2.75) is 116 Å². The summed E-state index contributed by atoms with van der Waals surface area (Å²) in [6.07, 6.45) is 9.83. The maximum absolute atomic E-state index is 12.3. The second kappa shape index (κ2) is 7.76. The van der Waals surface area contributed by atoms with E-state index in [1.165, 1.54) is 25.7 Å². The van der Waals surface area contributed by atoms with Crippen molar-refractivity contribution in [1.29, 1.82) is 0 Å². The van der Waals surface area contributed by atoms with E-state index in [1.807, 2.05) is 13.8 Å². The van der Waals surface area contributed by atoms with Crippen LogP contribution in [0.4, 0.5) is 0 Å². The summed E-state index contributed by atoms with van der Waals surface area (Å²) in [4.78, 5) is 4.95. The van der Waals surface area contributed by atoms with Crippen LogP contribution in [-0.2, 0) is 9.47 Å². The van der Waals surface area contributed by atoms with Gasteiger partial charge in [-0.25, -0.2) is 0 Å². The molecule has 1 saturated heterocycles. The largest absolute Gasteiger partial charge is 0.393 e. The van der Waals surface area contributed by atoms with E-state index >= 15 is 0 Å². The Hall–Kier alpha value is -0.490. The average Bonchev–Trinajstić information content (AvgIpc) is 3.06. The third-order valence-corrected chi connectivity index (χ3v) is 12.0. The zero-order valence-corrected chi connectivity index (χ0v) is 22.1. The molecule has 6 aliphatic rings. The summed E-state index contributed by atoms with van der Waals surface area (Å²) in [7, 11) is 0. The molecule has 5 nitrogen and oxygen atoms in total. The predicted molar refractivity (Wildman–Crippen MR) is 133 cm³/mol. The van der Waals surface area contributed by atoms with Gasteiger partial charge in [0.25, 0.3) is 0 Å². The summed E-state index contributed by atoms with van der Waals surface area (Å²) < 4.78 is 13.3. The van der Waals surface area contributed by atoms with Gasteiger partial charge in [0.15, 0.2) is 0 Å². The van der Waals surface area contributed by atoms with E-state index in [1.54, 1.807) is 0 Å². The molecule has 0 radical (unpaired) electrons. The van der Waals surface area contributed by atoms with Crippen LogP contribution in [0, 0.1) is 46.3 Å². The third-order valence-electron chi connectivity index (χ3n) is 12.0. The number of aliphatic hydroxyl groups excluding tert-OH is 1. The molecule has 0 unspecified atom stereocenters. The van der Waals surface area contributed by atoms with Crippen LogP contribution in [0.1, 0.15) is 92.4 Å². The first kappa shape index (κ1) is 23.9. The molecule has 0 amide bonds. The van der Waals surface area contributed by atoms with Gasteiger partial charge in [0.1, 0.15) is 11.3 Å². The van der Waals surface area contributed by atoms with Gasteiger partial charge < -0.3 is 19.7 Å². The van der Waals surface area contributed by atoms with E-state index in [-0.39, 0.29) is 23.5 Å². The first-order valence-corrected chi connectivity index (χ1v) is 14.3. The topological polar surface area (TPSA) is 71.3 Å². The fraction of sp³-hybridized carbons (Fsp3) is 0.966. The van der Waals surface area contributed by atoms with Crippen LogP contribution in [0.15, 0.2) is 4.99 Å². The van der Waals surface area contributed by atoms with Crippen LogP contribution in [0.3, 0.4) is 0 Å². The minimum absolute atomic E-state index is 0.0262. The molecule has 5 fully saturated rings. The highest BCUT2D eigenvalue weighted by Gasteiger charge is 2.71. The Morgan fingerprint density at radius 3 is 2.56 bits per heavy atom. The monoisotopic (exact) mass is 473 g/mol. The van der Waals surface area contributed by atoms with E-state index in [2.05, 4.69) is 20.8 Å². The van der Waals surface area contributed by atoms with Crippen LogP contribution in [0.5, 0.6) is 0 Å². The number of nitrogens with zero attached hydrogens (tertiary/aromatic N) is 1. The van der Waals surface area contributed by atoms with Gasteiger partial charge in [-0.1, -0.05) is 20.8 Å². The lowest BCUT2D eigenvalue weighted by Crippen LogP contribution is -2.69. The lowest BCUT2D eigenvalue weighted by molar-refractivity contribution is -0.267. The molecule has 0 aromatic rings. The van der Waals surface area contributed by atoms with Crippen LogP contribution in [0.25, 0.3) is 0 Å². The molecule has 0 aromatic heterocycles. The number of hydrogen-bond donors (Lipinski definition) is 2. The Kier molecular flexibility index (Phi) is 5.45. The van der Waals surface area contributed by atoms with Crippen LogP contribution >= 0.6 is 0 Å². The van der Waals surface area contributed by atoms with Crippen molar-refractivity contribution in [3.05, 3.63) is 0 Å². The van der Waals surface area contributed by atoms with Crippen molar-refractivity contribution in [3.63, 3.8) is 0 Å². The number of hydrogen-bond acceptors (Lipinski definition) is 5. The van der Waals surface area contributed by atoms with E-state index in [4.69, 9.17) is 14.5 Å². The summed E-state index contributed by atoms with van der Waals surface area (Å²) in [6, 6.07) is 0. The standard InChI is InChI=1S/C29H47NO4/c1-6-33-29-15-17(2)16-30-25(29)28(5,32)24-23(34-29)14-22-20-8-7-18-13-19(31)9-11-26(18,3)21(20)10-12-27(22,24)4/h17-24,31-32H,6-16H2,1-5H3/t17-,18-,19-,20+,21-,22-,23-,24-,26-,27-,28-,29+/m0/s1. The quantitative estimate of drug-likeness (QED) is 0.593. The van der Waals surface area contributed by atoms with Gasteiger partial charge >= 0.3 is 0 Å². The summed E-state index contributed by atoms with van der Waals surface area (Å²) in [6.45, 7) is 12.6. The van der Waals surface area contributed by atoms with Crippen molar-refractivity contribution in [3.8, 4) is 0 Å². The smallest absolute Gasteiger partial charge is 0.211 e. The molecule has 0 aromatic carbocycles. The molecule has 4 saturated carbocycles. The van der Waals surface area contributed by atoms with Crippen molar-refractivity contribution in [2.24, 2.45) is 51.3 Å². The number of rotatable bonds is 2. The molecule has 2 N–H and O–H groups in total. The molecule has 6 rings (SSSR count). The minimum atomic E-state index is -0.995. The molecule has 12 atom stereocenters. The SMILES string of the molecule is CCO[C@@]12C[C@H](C)CN=C1[C@@](C)(O)[C@H]1[C@H](C[C@H]3[C@@H]4CC[C@H]5C[C@@H](O)CC[C@]5(C)[C@H]4CC[C@@]31C)O2. The molecule has 0 spiro atoms. The first-order chi connectivity index (χ1) is 16.0. The highest BCUT2D eigenvalue weighted by atomic mass is 16.7. The van der Waals surface area contributed by atoms with Crippen LogP contribution in [0.2, 0.25) is 0 Å². The number of aliphatic imine (C=N–C) groups is 1. The van der Waals surface area contributed by atoms with Gasteiger partial charge in [0.05, 0.1) is 12.2 Å². The maximum atomic E-state index is 12.3. The minimum Gasteiger partial charge on any atom is -0.393 e. The Bertz CT molecular complexity index is 857. The fourth-order valence-electron chi connectivity index (χ4n) is 10.8. The molecular formula is C29H47NO4. The molecular weight excluding hydrogens is 426 g/mol. The zero-order chi connectivity index (χ0) is 24.1. The van der Waals surface area contributed by atoms with Crippen molar-refractivity contribution in [2.75, 3.05) is 13.2 Å². The fourth-order valence-corrected chi connectivity index (χ4v) is 10.8. The summed E-state index contributed by atoms with van der Waals surface area (Å²) in [5.74, 6) is 2.30. The molecule has 5 heteroatoms. The maximum Gasteiger partial charge on any atom is 0.211 e. The van der Waals surface area contributed by atoms with E-state index in [9.17, 15) is 10.2 Å². The lowest BCUT2D eigenvalue weighted by atomic mass is 9.44. The summed E-state index contributed by atoms with van der Waals surface area (Å²) in [5, 5.41) is 22.6. The second-order valence-corrected chi connectivity index (χ2v) is 13.8. The lowest BCUT2D eigenvalue weighted by Gasteiger charge is -2.62. The van der Waals surface area contributed by atoms with Gasteiger partial charge in [-0.2, -0.15) is 0 Å². The van der Waals surface area contributed by atoms with Crippen molar-refractivity contribution in [1.82, 2.24) is 0 Å². The Balaban J connectivity index is 1.35.